The van der Waals surface area contributed by atoms with Gasteiger partial charge in [-0.3, -0.25) is 0 Å². The first-order valence-electron chi connectivity index (χ1n) is 8.84. The Hall–Kier alpha value is -3.81. The number of rotatable bonds is 5. The summed E-state index contributed by atoms with van der Waals surface area (Å²) in [5, 5.41) is 7.82. The number of hydrogen-bond donors (Lipinski definition) is 0. The molecule has 0 amide bonds. The molecule has 2 heterocycles. The zero-order chi connectivity index (χ0) is 20.4. The van der Waals surface area contributed by atoms with Gasteiger partial charge in [-0.05, 0) is 50.2 Å². The van der Waals surface area contributed by atoms with Crippen LogP contribution in [0.5, 0.6) is 0 Å². The highest BCUT2D eigenvalue weighted by molar-refractivity contribution is 5.89. The molecule has 0 radical (unpaired) electrons. The largest absolute Gasteiger partial charge is 0.448 e. The summed E-state index contributed by atoms with van der Waals surface area (Å²) in [6.07, 6.45) is -0.805. The molecule has 4 aromatic rings. The molecule has 1 atom stereocenters. The Balaban J connectivity index is 1.49. The van der Waals surface area contributed by atoms with Crippen molar-refractivity contribution in [3.8, 4) is 22.9 Å². The van der Waals surface area contributed by atoms with Crippen LogP contribution in [-0.2, 0) is 4.74 Å². The Morgan fingerprint density at radius 1 is 0.966 bits per heavy atom. The van der Waals surface area contributed by atoms with Gasteiger partial charge in [0.05, 0.1) is 0 Å². The van der Waals surface area contributed by atoms with Gasteiger partial charge in [-0.15, -0.1) is 10.2 Å². The maximum atomic E-state index is 13.0. The second kappa shape index (κ2) is 7.67. The van der Waals surface area contributed by atoms with Gasteiger partial charge in [0.25, 0.3) is 5.89 Å². The van der Waals surface area contributed by atoms with Gasteiger partial charge in [0.2, 0.25) is 11.8 Å². The van der Waals surface area contributed by atoms with E-state index in [1.165, 1.54) is 24.3 Å². The smallest absolute Gasteiger partial charge is 0.361 e. The van der Waals surface area contributed by atoms with E-state index in [1.54, 1.807) is 13.8 Å². The second-order valence-electron chi connectivity index (χ2n) is 6.29. The van der Waals surface area contributed by atoms with Crippen molar-refractivity contribution in [3.05, 3.63) is 77.8 Å². The Kier molecular flexibility index (Phi) is 4.90. The zero-order valence-electron chi connectivity index (χ0n) is 15.6. The van der Waals surface area contributed by atoms with E-state index in [-0.39, 0.29) is 23.3 Å². The molecule has 4 rings (SSSR count). The van der Waals surface area contributed by atoms with Crippen LogP contribution in [0, 0.1) is 12.7 Å². The summed E-state index contributed by atoms with van der Waals surface area (Å²) in [5.41, 5.74) is 1.39. The molecular weight excluding hydrogens is 377 g/mol. The molecule has 2 aromatic heterocycles. The molecule has 0 spiro atoms. The molecule has 0 fully saturated rings. The monoisotopic (exact) mass is 393 g/mol. The third kappa shape index (κ3) is 3.91. The van der Waals surface area contributed by atoms with Crippen molar-refractivity contribution in [1.29, 1.82) is 0 Å². The van der Waals surface area contributed by atoms with Crippen LogP contribution in [0.25, 0.3) is 22.9 Å². The molecule has 0 aliphatic rings. The molecule has 2 aromatic carbocycles. The quantitative estimate of drug-likeness (QED) is 0.452. The average molecular weight is 393 g/mol. The fourth-order valence-electron chi connectivity index (χ4n) is 2.66. The standard InChI is InChI=1S/C21H16FN3O4/c1-12-17(23-19(27-12)14-6-4-3-5-7-14)21(26)28-13(2)18-24-25-20(29-18)15-8-10-16(22)11-9-15/h3-11,13H,1-2H3/t13-/m0/s1. The molecule has 7 nitrogen and oxygen atoms in total. The number of ether oxygens (including phenoxy) is 1. The molecule has 146 valence electrons. The number of carbonyl (C=O) groups is 1. The summed E-state index contributed by atoms with van der Waals surface area (Å²) < 4.78 is 29.6. The van der Waals surface area contributed by atoms with Gasteiger partial charge in [-0.2, -0.15) is 0 Å². The number of esters is 1. The van der Waals surface area contributed by atoms with Crippen molar-refractivity contribution in [2.75, 3.05) is 0 Å². The highest BCUT2D eigenvalue weighted by atomic mass is 19.1. The third-order valence-electron chi connectivity index (χ3n) is 4.17. The van der Waals surface area contributed by atoms with Crippen molar-refractivity contribution >= 4 is 5.97 Å². The first-order valence-corrected chi connectivity index (χ1v) is 8.84. The lowest BCUT2D eigenvalue weighted by molar-refractivity contribution is 0.0272. The minimum atomic E-state index is -0.805. The molecule has 0 bridgehead atoms. The Morgan fingerprint density at radius 2 is 1.66 bits per heavy atom. The van der Waals surface area contributed by atoms with Gasteiger partial charge in [0, 0.05) is 11.1 Å². The van der Waals surface area contributed by atoms with E-state index in [2.05, 4.69) is 15.2 Å². The third-order valence-corrected chi connectivity index (χ3v) is 4.17. The Labute approximate surface area is 165 Å². The van der Waals surface area contributed by atoms with E-state index in [9.17, 15) is 9.18 Å². The van der Waals surface area contributed by atoms with Crippen LogP contribution in [0.1, 0.15) is 35.2 Å². The minimum Gasteiger partial charge on any atom is -0.448 e. The van der Waals surface area contributed by atoms with E-state index >= 15 is 0 Å². The predicted molar refractivity (Wildman–Crippen MR) is 100 cm³/mol. The lowest BCUT2D eigenvalue weighted by Crippen LogP contribution is -2.11. The molecule has 0 aliphatic heterocycles. The van der Waals surface area contributed by atoms with E-state index < -0.39 is 12.1 Å². The van der Waals surface area contributed by atoms with Gasteiger partial charge < -0.3 is 13.6 Å². The number of halogens is 1. The van der Waals surface area contributed by atoms with Crippen LogP contribution in [-0.4, -0.2) is 21.2 Å². The number of hydrogen-bond acceptors (Lipinski definition) is 7. The summed E-state index contributed by atoms with van der Waals surface area (Å²) in [4.78, 5) is 16.8. The summed E-state index contributed by atoms with van der Waals surface area (Å²) in [6, 6.07) is 14.9. The van der Waals surface area contributed by atoms with Gasteiger partial charge in [0.1, 0.15) is 11.6 Å². The minimum absolute atomic E-state index is 0.0778. The number of aryl methyl sites for hydroxylation is 1. The van der Waals surface area contributed by atoms with E-state index in [0.29, 0.717) is 17.2 Å². The van der Waals surface area contributed by atoms with Crippen molar-refractivity contribution in [2.45, 2.75) is 20.0 Å². The highest BCUT2D eigenvalue weighted by Crippen LogP contribution is 2.25. The van der Waals surface area contributed by atoms with E-state index in [1.807, 2.05) is 30.3 Å². The lowest BCUT2D eigenvalue weighted by Gasteiger charge is -2.07. The second-order valence-corrected chi connectivity index (χ2v) is 6.29. The molecular formula is C21H16FN3O4. The van der Waals surface area contributed by atoms with Crippen molar-refractivity contribution in [3.63, 3.8) is 0 Å². The van der Waals surface area contributed by atoms with Gasteiger partial charge in [-0.1, -0.05) is 18.2 Å². The van der Waals surface area contributed by atoms with Gasteiger partial charge in [0.15, 0.2) is 11.8 Å². The molecule has 29 heavy (non-hydrogen) atoms. The van der Waals surface area contributed by atoms with Crippen LogP contribution in [0.3, 0.4) is 0 Å². The SMILES string of the molecule is Cc1oc(-c2ccccc2)nc1C(=O)O[C@@H](C)c1nnc(-c2ccc(F)cc2)o1. The first-order chi connectivity index (χ1) is 14.0. The Morgan fingerprint density at radius 3 is 2.38 bits per heavy atom. The van der Waals surface area contributed by atoms with Gasteiger partial charge >= 0.3 is 5.97 Å². The van der Waals surface area contributed by atoms with Crippen molar-refractivity contribution in [1.82, 2.24) is 15.2 Å². The van der Waals surface area contributed by atoms with Crippen LogP contribution in [0.2, 0.25) is 0 Å². The molecule has 0 saturated heterocycles. The predicted octanol–water partition coefficient (Wildman–Crippen LogP) is 4.76. The fourth-order valence-corrected chi connectivity index (χ4v) is 2.66. The maximum absolute atomic E-state index is 13.0. The number of nitrogens with zero attached hydrogens (tertiary/aromatic N) is 3. The lowest BCUT2D eigenvalue weighted by atomic mass is 10.2. The maximum Gasteiger partial charge on any atom is 0.361 e. The number of carbonyl (C=O) groups excluding carboxylic acids is 1. The van der Waals surface area contributed by atoms with Gasteiger partial charge in [-0.25, -0.2) is 14.2 Å². The van der Waals surface area contributed by atoms with Crippen LogP contribution < -0.4 is 0 Å². The zero-order valence-corrected chi connectivity index (χ0v) is 15.6. The average Bonchev–Trinajstić information content (AvgIpc) is 3.36. The number of benzene rings is 2. The summed E-state index contributed by atoms with van der Waals surface area (Å²) in [5.74, 6) is -0.0391. The van der Waals surface area contributed by atoms with E-state index in [4.69, 9.17) is 13.6 Å². The van der Waals surface area contributed by atoms with Crippen molar-refractivity contribution < 1.29 is 22.8 Å². The van der Waals surface area contributed by atoms with E-state index in [0.717, 1.165) is 5.56 Å². The molecule has 0 aliphatic carbocycles. The summed E-state index contributed by atoms with van der Waals surface area (Å²) >= 11 is 0. The fraction of sp³-hybridized carbons (Fsp3) is 0.143. The molecule has 0 N–H and O–H groups in total. The summed E-state index contributed by atoms with van der Waals surface area (Å²) in [6.45, 7) is 3.24. The highest BCUT2D eigenvalue weighted by Gasteiger charge is 2.24. The van der Waals surface area contributed by atoms with Crippen LogP contribution in [0.4, 0.5) is 4.39 Å². The normalized spacial score (nSPS) is 12.0. The van der Waals surface area contributed by atoms with Crippen molar-refractivity contribution in [2.24, 2.45) is 0 Å². The molecule has 0 unspecified atom stereocenters. The number of oxazole rings is 1. The molecule has 8 heteroatoms. The first kappa shape index (κ1) is 18.5. The topological polar surface area (TPSA) is 91.2 Å². The summed E-state index contributed by atoms with van der Waals surface area (Å²) in [7, 11) is 0. The van der Waals surface area contributed by atoms with Crippen LogP contribution >= 0.6 is 0 Å². The van der Waals surface area contributed by atoms with Crippen LogP contribution in [0.15, 0.2) is 63.4 Å². The number of aromatic nitrogens is 3. The molecule has 0 saturated carbocycles. The Bertz CT molecular complexity index is 1140.